The van der Waals surface area contributed by atoms with Gasteiger partial charge in [-0.2, -0.15) is 0 Å². The Hall–Kier alpha value is -2.22. The van der Waals surface area contributed by atoms with Crippen molar-refractivity contribution in [3.8, 4) is 0 Å². The molecule has 2 fully saturated rings. The van der Waals surface area contributed by atoms with E-state index in [0.717, 1.165) is 24.7 Å². The fourth-order valence-electron chi connectivity index (χ4n) is 6.35. The summed E-state index contributed by atoms with van der Waals surface area (Å²) >= 11 is 0. The maximum absolute atomic E-state index is 3.89. The van der Waals surface area contributed by atoms with Crippen LogP contribution in [0.4, 0.5) is 0 Å². The number of aromatic nitrogens is 1. The van der Waals surface area contributed by atoms with Crippen molar-refractivity contribution in [2.75, 3.05) is 0 Å². The van der Waals surface area contributed by atoms with Crippen LogP contribution in [0.15, 0.2) is 49.3 Å². The van der Waals surface area contributed by atoms with Crippen molar-refractivity contribution >= 4 is 12.2 Å². The maximum Gasteiger partial charge on any atom is 0.0413 e. The van der Waals surface area contributed by atoms with Gasteiger partial charge >= 0.3 is 0 Å². The standard InChI is InChI=1S/C25H30N2/c1-3-26-23-15-25(2)14-18(24(23)25)13-20(17-9-5-4-6-10-17)21-16-27-22-12-8-7-11-19(21)22/h3-6,9-12,16,18,20,23-24,26-27H,1,7-8,13-15H2,2H3. The lowest BCUT2D eigenvalue weighted by Gasteiger charge is -2.67. The zero-order chi connectivity index (χ0) is 18.4. The van der Waals surface area contributed by atoms with Crippen LogP contribution in [0.1, 0.15) is 56.1 Å². The second kappa shape index (κ2) is 6.44. The Bertz CT molecular complexity index is 954. The smallest absolute Gasteiger partial charge is 0.0413 e. The molecule has 3 aliphatic carbocycles. The molecule has 140 valence electrons. The number of nitrogens with one attached hydrogen (secondary N) is 2. The molecule has 2 N–H and O–H groups in total. The van der Waals surface area contributed by atoms with Crippen LogP contribution in [0, 0.1) is 17.3 Å². The van der Waals surface area contributed by atoms with E-state index < -0.39 is 0 Å². The summed E-state index contributed by atoms with van der Waals surface area (Å²) in [5.41, 5.74) is 3.51. The fraction of sp³-hybridized carbons (Fsp3) is 0.440. The lowest BCUT2D eigenvalue weighted by atomic mass is 9.40. The van der Waals surface area contributed by atoms with E-state index in [1.807, 2.05) is 6.20 Å². The van der Waals surface area contributed by atoms with Gasteiger partial charge in [0.1, 0.15) is 0 Å². The van der Waals surface area contributed by atoms with E-state index in [1.165, 1.54) is 41.0 Å². The van der Waals surface area contributed by atoms with Gasteiger partial charge in [0.25, 0.3) is 0 Å². The molecular weight excluding hydrogens is 328 g/mol. The van der Waals surface area contributed by atoms with Crippen molar-refractivity contribution in [1.82, 2.24) is 10.3 Å². The molecule has 5 rings (SSSR count). The van der Waals surface area contributed by atoms with Crippen LogP contribution in [0.25, 0.3) is 12.2 Å². The van der Waals surface area contributed by atoms with Crippen molar-refractivity contribution in [3.05, 3.63) is 71.0 Å². The number of H-pyrrole nitrogens is 1. The zero-order valence-electron chi connectivity index (χ0n) is 16.2. The molecule has 2 nitrogen and oxygen atoms in total. The second-order valence-electron chi connectivity index (χ2n) is 9.08. The molecule has 2 aromatic rings. The van der Waals surface area contributed by atoms with Gasteiger partial charge in [0.05, 0.1) is 0 Å². The molecule has 5 unspecified atom stereocenters. The van der Waals surface area contributed by atoms with Crippen molar-refractivity contribution in [2.24, 2.45) is 17.3 Å². The van der Waals surface area contributed by atoms with Crippen molar-refractivity contribution in [1.29, 1.82) is 0 Å². The normalized spacial score (nSPS) is 31.8. The molecule has 2 saturated carbocycles. The van der Waals surface area contributed by atoms with Gasteiger partial charge in [-0.25, -0.2) is 0 Å². The van der Waals surface area contributed by atoms with Gasteiger partial charge < -0.3 is 10.3 Å². The minimum atomic E-state index is 0.480. The van der Waals surface area contributed by atoms with Gasteiger partial charge in [0.15, 0.2) is 0 Å². The molecule has 1 aromatic heterocycles. The third kappa shape index (κ3) is 2.69. The molecule has 5 atom stereocenters. The van der Waals surface area contributed by atoms with Crippen LogP contribution in [-0.2, 0) is 0 Å². The fourth-order valence-corrected chi connectivity index (χ4v) is 6.35. The Morgan fingerprint density at radius 2 is 2.04 bits per heavy atom. The summed E-state index contributed by atoms with van der Waals surface area (Å²) in [4.78, 5) is 3.54. The summed E-state index contributed by atoms with van der Waals surface area (Å²) in [6.07, 6.45) is 15.2. The van der Waals surface area contributed by atoms with Crippen LogP contribution in [0.5, 0.6) is 0 Å². The lowest BCUT2D eigenvalue weighted by Crippen LogP contribution is -2.66. The van der Waals surface area contributed by atoms with Crippen molar-refractivity contribution in [3.63, 3.8) is 0 Å². The van der Waals surface area contributed by atoms with E-state index in [0.29, 0.717) is 17.4 Å². The summed E-state index contributed by atoms with van der Waals surface area (Å²) in [6, 6.07) is 11.8. The Labute approximate surface area is 162 Å². The minimum absolute atomic E-state index is 0.480. The van der Waals surface area contributed by atoms with Gasteiger partial charge in [0, 0.05) is 23.5 Å². The molecule has 0 bridgehead atoms. The van der Waals surface area contributed by atoms with E-state index in [-0.39, 0.29) is 0 Å². The summed E-state index contributed by atoms with van der Waals surface area (Å²) < 4.78 is 0. The largest absolute Gasteiger partial charge is 0.388 e. The minimum Gasteiger partial charge on any atom is -0.388 e. The predicted octanol–water partition coefficient (Wildman–Crippen LogP) is 4.04. The number of hydrogen-bond acceptors (Lipinski definition) is 1. The van der Waals surface area contributed by atoms with Crippen molar-refractivity contribution < 1.29 is 0 Å². The highest BCUT2D eigenvalue weighted by molar-refractivity contribution is 5.43. The number of rotatable bonds is 6. The van der Waals surface area contributed by atoms with Gasteiger partial charge in [0.2, 0.25) is 0 Å². The summed E-state index contributed by atoms with van der Waals surface area (Å²) in [5.74, 6) is 2.07. The zero-order valence-corrected chi connectivity index (χ0v) is 16.2. The third-order valence-electron chi connectivity index (χ3n) is 7.46. The average Bonchev–Trinajstić information content (AvgIpc) is 3.10. The first-order valence-corrected chi connectivity index (χ1v) is 10.5. The molecule has 0 saturated heterocycles. The van der Waals surface area contributed by atoms with Crippen LogP contribution in [-0.4, -0.2) is 11.0 Å². The van der Waals surface area contributed by atoms with Gasteiger partial charge in [-0.05, 0) is 71.9 Å². The third-order valence-corrected chi connectivity index (χ3v) is 7.46. The summed E-state index contributed by atoms with van der Waals surface area (Å²) in [7, 11) is 0. The molecule has 0 amide bonds. The number of fused-ring (bicyclic) bond motifs is 2. The molecule has 0 aliphatic heterocycles. The summed E-state index contributed by atoms with van der Waals surface area (Å²) in [6.45, 7) is 6.37. The Morgan fingerprint density at radius 3 is 2.81 bits per heavy atom. The van der Waals surface area contributed by atoms with Crippen LogP contribution >= 0.6 is 0 Å². The van der Waals surface area contributed by atoms with Gasteiger partial charge in [-0.15, -0.1) is 0 Å². The van der Waals surface area contributed by atoms with Crippen LogP contribution in [0.2, 0.25) is 0 Å². The van der Waals surface area contributed by atoms with E-state index in [4.69, 9.17) is 0 Å². The molecule has 0 radical (unpaired) electrons. The van der Waals surface area contributed by atoms with E-state index >= 15 is 0 Å². The molecule has 0 spiro atoms. The first-order chi connectivity index (χ1) is 13.2. The molecule has 2 heteroatoms. The topological polar surface area (TPSA) is 27.8 Å². The Kier molecular flexibility index (Phi) is 4.03. The molecular formula is C25H30N2. The molecule has 1 aromatic carbocycles. The number of aromatic amines is 1. The Balaban J connectivity index is 1.48. The highest BCUT2D eigenvalue weighted by atomic mass is 15.0. The Morgan fingerprint density at radius 1 is 1.22 bits per heavy atom. The SMILES string of the molecule is C=CNC1CC2(C)CC(CC(c3ccccc3)c3c[nH]c4c3=CCCC=4)C12. The second-order valence-corrected chi connectivity index (χ2v) is 9.08. The quantitative estimate of drug-likeness (QED) is 0.801. The van der Waals surface area contributed by atoms with Gasteiger partial charge in [-0.1, -0.05) is 56.0 Å². The van der Waals surface area contributed by atoms with E-state index in [1.54, 1.807) is 0 Å². The van der Waals surface area contributed by atoms with Crippen LogP contribution in [0.3, 0.4) is 0 Å². The van der Waals surface area contributed by atoms with E-state index in [9.17, 15) is 0 Å². The summed E-state index contributed by atoms with van der Waals surface area (Å²) in [5, 5.41) is 6.29. The number of hydrogen-bond donors (Lipinski definition) is 2. The first-order valence-electron chi connectivity index (χ1n) is 10.5. The van der Waals surface area contributed by atoms with Crippen molar-refractivity contribution in [2.45, 2.75) is 51.0 Å². The molecule has 1 heterocycles. The highest BCUT2D eigenvalue weighted by Gasteiger charge is 2.62. The monoisotopic (exact) mass is 358 g/mol. The van der Waals surface area contributed by atoms with Gasteiger partial charge in [-0.3, -0.25) is 0 Å². The lowest BCUT2D eigenvalue weighted by molar-refractivity contribution is -0.148. The predicted molar refractivity (Wildman–Crippen MR) is 113 cm³/mol. The maximum atomic E-state index is 3.89. The molecule has 3 aliphatic rings. The van der Waals surface area contributed by atoms with E-state index in [2.05, 4.69) is 72.5 Å². The first kappa shape index (κ1) is 16.9. The average molecular weight is 359 g/mol. The molecule has 27 heavy (non-hydrogen) atoms. The number of benzene rings is 1. The van der Waals surface area contributed by atoms with Crippen LogP contribution < -0.4 is 15.9 Å². The highest BCUT2D eigenvalue weighted by Crippen LogP contribution is 2.65.